The van der Waals surface area contributed by atoms with Gasteiger partial charge in [-0.1, -0.05) is 17.7 Å². The van der Waals surface area contributed by atoms with Gasteiger partial charge in [-0.3, -0.25) is 9.78 Å². The van der Waals surface area contributed by atoms with Crippen molar-refractivity contribution in [1.29, 1.82) is 0 Å². The predicted octanol–water partition coefficient (Wildman–Crippen LogP) is 3.32. The quantitative estimate of drug-likeness (QED) is 0.860. The molecule has 0 aliphatic rings. The summed E-state index contributed by atoms with van der Waals surface area (Å²) in [6.45, 7) is 2.46. The second-order valence-corrected chi connectivity index (χ2v) is 4.89. The summed E-state index contributed by atoms with van der Waals surface area (Å²) in [6, 6.07) is 9.16. The van der Waals surface area contributed by atoms with Crippen LogP contribution in [0.4, 0.5) is 0 Å². The van der Waals surface area contributed by atoms with Crippen LogP contribution >= 0.6 is 11.6 Å². The lowest BCUT2D eigenvalue weighted by Gasteiger charge is -2.17. The fourth-order valence-electron chi connectivity index (χ4n) is 1.78. The summed E-state index contributed by atoms with van der Waals surface area (Å²) in [5, 5.41) is 0.614. The Labute approximate surface area is 117 Å². The molecule has 2 aromatic rings. The first kappa shape index (κ1) is 13.6. The van der Waals surface area contributed by atoms with Gasteiger partial charge in [-0.2, -0.15) is 0 Å². The number of carbonyl (C=O) groups excluding carboxylic acids is 1. The van der Waals surface area contributed by atoms with Crippen LogP contribution in [0, 0.1) is 6.92 Å². The molecule has 19 heavy (non-hydrogen) atoms. The Morgan fingerprint density at radius 3 is 2.58 bits per heavy atom. The summed E-state index contributed by atoms with van der Waals surface area (Å²) in [7, 11) is 1.77. The summed E-state index contributed by atoms with van der Waals surface area (Å²) in [5.74, 6) is -0.0429. The topological polar surface area (TPSA) is 33.2 Å². The second kappa shape index (κ2) is 5.85. The third kappa shape index (κ3) is 3.32. The predicted molar refractivity (Wildman–Crippen MR) is 76.2 cm³/mol. The van der Waals surface area contributed by atoms with E-state index in [0.29, 0.717) is 17.1 Å². The zero-order valence-corrected chi connectivity index (χ0v) is 11.7. The molecule has 0 unspecified atom stereocenters. The molecule has 0 saturated heterocycles. The molecule has 1 aromatic heterocycles. The molecular formula is C15H15ClN2O. The number of pyridine rings is 1. The van der Waals surface area contributed by atoms with E-state index in [9.17, 15) is 4.79 Å². The highest BCUT2D eigenvalue weighted by Gasteiger charge is 2.12. The largest absolute Gasteiger partial charge is 0.337 e. The molecule has 3 nitrogen and oxygen atoms in total. The Morgan fingerprint density at radius 1 is 1.26 bits per heavy atom. The van der Waals surface area contributed by atoms with Gasteiger partial charge in [0, 0.05) is 36.6 Å². The number of carbonyl (C=O) groups is 1. The van der Waals surface area contributed by atoms with E-state index < -0.39 is 0 Å². The molecule has 0 bridgehead atoms. The van der Waals surface area contributed by atoms with E-state index in [2.05, 4.69) is 4.98 Å². The number of rotatable bonds is 3. The number of hydrogen-bond donors (Lipinski definition) is 0. The zero-order chi connectivity index (χ0) is 13.8. The maximum atomic E-state index is 12.3. The molecule has 1 heterocycles. The first-order chi connectivity index (χ1) is 9.08. The standard InChI is InChI=1S/C15H15ClN2O/c1-11-3-4-13(9-14(11)16)15(19)18(2)10-12-5-7-17-8-6-12/h3-9H,10H2,1-2H3. The molecule has 0 aliphatic heterocycles. The molecule has 0 N–H and O–H groups in total. The lowest BCUT2D eigenvalue weighted by atomic mass is 10.1. The van der Waals surface area contributed by atoms with Crippen LogP contribution in [0.2, 0.25) is 5.02 Å². The highest BCUT2D eigenvalue weighted by atomic mass is 35.5. The Bertz CT molecular complexity index is 584. The van der Waals surface area contributed by atoms with Crippen LogP contribution in [0.1, 0.15) is 21.5 Å². The van der Waals surface area contributed by atoms with E-state index in [1.54, 1.807) is 36.5 Å². The molecule has 0 radical (unpaired) electrons. The van der Waals surface area contributed by atoms with E-state index >= 15 is 0 Å². The van der Waals surface area contributed by atoms with Crippen LogP contribution in [0.25, 0.3) is 0 Å². The SMILES string of the molecule is Cc1ccc(C(=O)N(C)Cc2ccncc2)cc1Cl. The van der Waals surface area contributed by atoms with E-state index in [4.69, 9.17) is 11.6 Å². The van der Waals surface area contributed by atoms with Crippen molar-refractivity contribution < 1.29 is 4.79 Å². The first-order valence-electron chi connectivity index (χ1n) is 5.98. The van der Waals surface area contributed by atoms with Crippen LogP contribution in [0.3, 0.4) is 0 Å². The van der Waals surface area contributed by atoms with Crippen LogP contribution in [-0.2, 0) is 6.54 Å². The maximum Gasteiger partial charge on any atom is 0.253 e. The number of aromatic nitrogens is 1. The second-order valence-electron chi connectivity index (χ2n) is 4.48. The summed E-state index contributed by atoms with van der Waals surface area (Å²) in [6.07, 6.45) is 3.44. The molecule has 0 fully saturated rings. The van der Waals surface area contributed by atoms with Crippen molar-refractivity contribution >= 4 is 17.5 Å². The Hall–Kier alpha value is -1.87. The van der Waals surface area contributed by atoms with Gasteiger partial charge < -0.3 is 4.90 Å². The van der Waals surface area contributed by atoms with Gasteiger partial charge in [0.1, 0.15) is 0 Å². The summed E-state index contributed by atoms with van der Waals surface area (Å²) >= 11 is 6.04. The number of amides is 1. The van der Waals surface area contributed by atoms with Crippen molar-refractivity contribution in [2.45, 2.75) is 13.5 Å². The molecule has 0 saturated carbocycles. The minimum absolute atomic E-state index is 0.0429. The third-order valence-corrected chi connectivity index (χ3v) is 3.34. The summed E-state index contributed by atoms with van der Waals surface area (Å²) < 4.78 is 0. The Balaban J connectivity index is 2.12. The van der Waals surface area contributed by atoms with E-state index in [1.807, 2.05) is 25.1 Å². The van der Waals surface area contributed by atoms with Crippen molar-refractivity contribution in [1.82, 2.24) is 9.88 Å². The maximum absolute atomic E-state index is 12.3. The van der Waals surface area contributed by atoms with Gasteiger partial charge in [-0.15, -0.1) is 0 Å². The highest BCUT2D eigenvalue weighted by Crippen LogP contribution is 2.18. The van der Waals surface area contributed by atoms with Crippen molar-refractivity contribution in [3.63, 3.8) is 0 Å². The van der Waals surface area contributed by atoms with Gasteiger partial charge >= 0.3 is 0 Å². The average molecular weight is 275 g/mol. The zero-order valence-electron chi connectivity index (χ0n) is 10.9. The molecule has 1 aromatic carbocycles. The third-order valence-electron chi connectivity index (χ3n) is 2.93. The van der Waals surface area contributed by atoms with Gasteiger partial charge in [0.05, 0.1) is 0 Å². The molecule has 2 rings (SSSR count). The van der Waals surface area contributed by atoms with Crippen LogP contribution < -0.4 is 0 Å². The minimum Gasteiger partial charge on any atom is -0.337 e. The number of aryl methyl sites for hydroxylation is 1. The molecule has 0 spiro atoms. The molecule has 0 atom stereocenters. The molecule has 98 valence electrons. The molecule has 1 amide bonds. The number of nitrogens with zero attached hydrogens (tertiary/aromatic N) is 2. The molecule has 0 aliphatic carbocycles. The summed E-state index contributed by atoms with van der Waals surface area (Å²) in [5.41, 5.74) is 2.62. The monoisotopic (exact) mass is 274 g/mol. The fourth-order valence-corrected chi connectivity index (χ4v) is 1.96. The van der Waals surface area contributed by atoms with Crippen molar-refractivity contribution in [2.75, 3.05) is 7.05 Å². The van der Waals surface area contributed by atoms with Crippen molar-refractivity contribution in [2.24, 2.45) is 0 Å². The lowest BCUT2D eigenvalue weighted by molar-refractivity contribution is 0.0785. The Morgan fingerprint density at radius 2 is 1.95 bits per heavy atom. The molecule has 4 heteroatoms. The van der Waals surface area contributed by atoms with Gasteiger partial charge in [0.15, 0.2) is 0 Å². The number of halogens is 1. The van der Waals surface area contributed by atoms with Gasteiger partial charge in [-0.05, 0) is 42.3 Å². The van der Waals surface area contributed by atoms with E-state index in [-0.39, 0.29) is 5.91 Å². The number of hydrogen-bond acceptors (Lipinski definition) is 2. The van der Waals surface area contributed by atoms with Gasteiger partial charge in [0.2, 0.25) is 0 Å². The summed E-state index contributed by atoms with van der Waals surface area (Å²) in [4.78, 5) is 17.9. The normalized spacial score (nSPS) is 10.3. The van der Waals surface area contributed by atoms with Gasteiger partial charge in [-0.25, -0.2) is 0 Å². The van der Waals surface area contributed by atoms with E-state index in [1.165, 1.54) is 0 Å². The van der Waals surface area contributed by atoms with Crippen molar-refractivity contribution in [3.05, 3.63) is 64.4 Å². The van der Waals surface area contributed by atoms with E-state index in [0.717, 1.165) is 11.1 Å². The average Bonchev–Trinajstić information content (AvgIpc) is 2.42. The molecular weight excluding hydrogens is 260 g/mol. The van der Waals surface area contributed by atoms with Gasteiger partial charge in [0.25, 0.3) is 5.91 Å². The lowest BCUT2D eigenvalue weighted by Crippen LogP contribution is -2.26. The highest BCUT2D eigenvalue weighted by molar-refractivity contribution is 6.31. The van der Waals surface area contributed by atoms with Crippen LogP contribution in [-0.4, -0.2) is 22.8 Å². The fraction of sp³-hybridized carbons (Fsp3) is 0.200. The first-order valence-corrected chi connectivity index (χ1v) is 6.36. The number of benzene rings is 1. The minimum atomic E-state index is -0.0429. The smallest absolute Gasteiger partial charge is 0.253 e. The van der Waals surface area contributed by atoms with Crippen molar-refractivity contribution in [3.8, 4) is 0 Å². The van der Waals surface area contributed by atoms with Crippen LogP contribution in [0.5, 0.6) is 0 Å². The Kier molecular flexibility index (Phi) is 4.17. The van der Waals surface area contributed by atoms with Crippen LogP contribution in [0.15, 0.2) is 42.7 Å².